The normalized spacial score (nSPS) is 15.7. The van der Waals surface area contributed by atoms with Crippen molar-refractivity contribution in [3.8, 4) is 0 Å². The second-order valence-corrected chi connectivity index (χ2v) is 7.68. The molecule has 0 saturated carbocycles. The molecule has 2 aromatic heterocycles. The molecule has 6 nitrogen and oxygen atoms in total. The van der Waals surface area contributed by atoms with E-state index in [1.807, 2.05) is 4.90 Å². The van der Waals surface area contributed by atoms with Crippen molar-refractivity contribution in [2.45, 2.75) is 26.1 Å². The van der Waals surface area contributed by atoms with Crippen LogP contribution in [-0.2, 0) is 12.7 Å². The Balaban J connectivity index is 1.44. The third kappa shape index (κ3) is 4.43. The maximum Gasteiger partial charge on any atom is 0.416 e. The first-order chi connectivity index (χ1) is 15.1. The number of benzene rings is 1. The quantitative estimate of drug-likeness (QED) is 0.562. The van der Waals surface area contributed by atoms with Gasteiger partial charge in [-0.15, -0.1) is 0 Å². The summed E-state index contributed by atoms with van der Waals surface area (Å²) in [6, 6.07) is 6.41. The van der Waals surface area contributed by atoms with Crippen LogP contribution in [0.3, 0.4) is 0 Å². The van der Waals surface area contributed by atoms with E-state index in [1.165, 1.54) is 18.3 Å². The van der Waals surface area contributed by atoms with E-state index >= 15 is 0 Å². The van der Waals surface area contributed by atoms with Crippen molar-refractivity contribution in [1.82, 2.24) is 24.4 Å². The Morgan fingerprint density at radius 3 is 2.50 bits per heavy atom. The molecular weight excluding hydrogens is 433 g/mol. The van der Waals surface area contributed by atoms with Crippen LogP contribution in [0.1, 0.15) is 39.3 Å². The number of carbonyl (C=O) groups excluding carboxylic acids is 1. The predicted octanol–water partition coefficient (Wildman–Crippen LogP) is 3.95. The molecular formula is C21H20F5N5O. The van der Waals surface area contributed by atoms with Crippen molar-refractivity contribution in [3.05, 3.63) is 64.6 Å². The van der Waals surface area contributed by atoms with Gasteiger partial charge in [0.25, 0.3) is 12.3 Å². The highest BCUT2D eigenvalue weighted by Gasteiger charge is 2.31. The second-order valence-electron chi connectivity index (χ2n) is 7.68. The number of hydrogen-bond acceptors (Lipinski definition) is 4. The molecule has 0 N–H and O–H groups in total. The maximum absolute atomic E-state index is 13.3. The average Bonchev–Trinajstić information content (AvgIpc) is 3.16. The van der Waals surface area contributed by atoms with Gasteiger partial charge in [-0.1, -0.05) is 18.2 Å². The molecule has 0 atom stereocenters. The smallest absolute Gasteiger partial charge is 0.336 e. The number of carbonyl (C=O) groups is 1. The highest BCUT2D eigenvalue weighted by molar-refractivity contribution is 5.99. The van der Waals surface area contributed by atoms with Gasteiger partial charge < -0.3 is 4.90 Å². The Morgan fingerprint density at radius 1 is 1.12 bits per heavy atom. The van der Waals surface area contributed by atoms with Crippen LogP contribution >= 0.6 is 0 Å². The summed E-state index contributed by atoms with van der Waals surface area (Å²) in [4.78, 5) is 20.7. The van der Waals surface area contributed by atoms with E-state index in [0.29, 0.717) is 44.0 Å². The molecule has 0 radical (unpaired) electrons. The lowest BCUT2D eigenvalue weighted by molar-refractivity contribution is -0.137. The SMILES string of the molecule is Cc1cc(C(F)F)n2ncc(C(=O)N3CCN(Cc4cccc(C(F)(F)F)c4)CC3)c2n1. The van der Waals surface area contributed by atoms with Crippen molar-refractivity contribution in [1.29, 1.82) is 0 Å². The predicted molar refractivity (Wildman–Crippen MR) is 105 cm³/mol. The molecule has 3 heterocycles. The molecule has 32 heavy (non-hydrogen) atoms. The van der Waals surface area contributed by atoms with Crippen molar-refractivity contribution in [2.75, 3.05) is 26.2 Å². The summed E-state index contributed by atoms with van der Waals surface area (Å²) in [5.41, 5.74) is 0.0913. The standard InChI is InChI=1S/C21H20F5N5O/c1-13-9-17(18(22)23)31-19(28-13)16(11-27-31)20(32)30-7-5-29(6-8-30)12-14-3-2-4-15(10-14)21(24,25)26/h2-4,9-11,18H,5-8,12H2,1H3. The zero-order chi connectivity index (χ0) is 23.0. The van der Waals surface area contributed by atoms with Crippen LogP contribution in [0.4, 0.5) is 22.0 Å². The van der Waals surface area contributed by atoms with Crippen LogP contribution in [0.25, 0.3) is 5.65 Å². The lowest BCUT2D eigenvalue weighted by Crippen LogP contribution is -2.48. The van der Waals surface area contributed by atoms with E-state index < -0.39 is 18.2 Å². The molecule has 4 rings (SSSR count). The highest BCUT2D eigenvalue weighted by atomic mass is 19.4. The van der Waals surface area contributed by atoms with Crippen LogP contribution < -0.4 is 0 Å². The fourth-order valence-corrected chi connectivity index (χ4v) is 3.80. The molecule has 1 saturated heterocycles. The fourth-order valence-electron chi connectivity index (χ4n) is 3.80. The van der Waals surface area contributed by atoms with E-state index in [2.05, 4.69) is 10.1 Å². The summed E-state index contributed by atoms with van der Waals surface area (Å²) in [5, 5.41) is 3.92. The molecule has 1 aromatic carbocycles. The van der Waals surface area contributed by atoms with Gasteiger partial charge in [0.1, 0.15) is 11.3 Å². The van der Waals surface area contributed by atoms with Gasteiger partial charge in [0.15, 0.2) is 5.65 Å². The van der Waals surface area contributed by atoms with Crippen molar-refractivity contribution >= 4 is 11.6 Å². The zero-order valence-electron chi connectivity index (χ0n) is 17.1. The largest absolute Gasteiger partial charge is 0.416 e. The number of alkyl halides is 5. The molecule has 0 aliphatic carbocycles. The number of aryl methyl sites for hydroxylation is 1. The number of hydrogen-bond donors (Lipinski definition) is 0. The fraction of sp³-hybridized carbons (Fsp3) is 0.381. The molecule has 0 unspecified atom stereocenters. The molecule has 1 aliphatic rings. The van der Waals surface area contributed by atoms with Crippen molar-refractivity contribution in [2.24, 2.45) is 0 Å². The van der Waals surface area contributed by atoms with E-state index in [1.54, 1.807) is 17.9 Å². The van der Waals surface area contributed by atoms with Crippen molar-refractivity contribution < 1.29 is 26.7 Å². The lowest BCUT2D eigenvalue weighted by Gasteiger charge is -2.34. The Kier molecular flexibility index (Phi) is 5.85. The number of nitrogens with zero attached hydrogens (tertiary/aromatic N) is 5. The van der Waals surface area contributed by atoms with E-state index in [9.17, 15) is 26.7 Å². The van der Waals surface area contributed by atoms with E-state index in [-0.39, 0.29) is 22.8 Å². The topological polar surface area (TPSA) is 53.7 Å². The number of rotatable bonds is 4. The highest BCUT2D eigenvalue weighted by Crippen LogP contribution is 2.30. The lowest BCUT2D eigenvalue weighted by atomic mass is 10.1. The summed E-state index contributed by atoms with van der Waals surface area (Å²) in [7, 11) is 0. The van der Waals surface area contributed by atoms with Crippen LogP contribution in [0.5, 0.6) is 0 Å². The van der Waals surface area contributed by atoms with Gasteiger partial charge in [-0.2, -0.15) is 18.3 Å². The number of aromatic nitrogens is 3. The van der Waals surface area contributed by atoms with Gasteiger partial charge in [0, 0.05) is 38.4 Å². The van der Waals surface area contributed by atoms with Crippen LogP contribution in [0.15, 0.2) is 36.5 Å². The first-order valence-corrected chi connectivity index (χ1v) is 9.94. The molecule has 1 aliphatic heterocycles. The summed E-state index contributed by atoms with van der Waals surface area (Å²) in [6.07, 6.45) is -5.92. The Hall–Kier alpha value is -3.08. The summed E-state index contributed by atoms with van der Waals surface area (Å²) < 4.78 is 66.3. The van der Waals surface area contributed by atoms with Gasteiger partial charge in [-0.3, -0.25) is 9.69 Å². The van der Waals surface area contributed by atoms with Gasteiger partial charge in [-0.25, -0.2) is 18.3 Å². The monoisotopic (exact) mass is 453 g/mol. The minimum Gasteiger partial charge on any atom is -0.336 e. The van der Waals surface area contributed by atoms with Gasteiger partial charge in [-0.05, 0) is 24.6 Å². The van der Waals surface area contributed by atoms with Crippen LogP contribution in [-0.4, -0.2) is 56.5 Å². The summed E-state index contributed by atoms with van der Waals surface area (Å²) >= 11 is 0. The second kappa shape index (κ2) is 8.45. The van der Waals surface area contributed by atoms with Gasteiger partial charge >= 0.3 is 6.18 Å². The number of fused-ring (bicyclic) bond motifs is 1. The molecule has 3 aromatic rings. The zero-order valence-corrected chi connectivity index (χ0v) is 17.1. The molecule has 0 bridgehead atoms. The third-order valence-electron chi connectivity index (χ3n) is 5.40. The van der Waals surface area contributed by atoms with Gasteiger partial charge in [0.2, 0.25) is 0 Å². The number of amides is 1. The Morgan fingerprint density at radius 2 is 1.84 bits per heavy atom. The van der Waals surface area contributed by atoms with Crippen LogP contribution in [0.2, 0.25) is 0 Å². The number of halogens is 5. The third-order valence-corrected chi connectivity index (χ3v) is 5.40. The Labute approximate surface area is 180 Å². The van der Waals surface area contributed by atoms with Crippen molar-refractivity contribution in [3.63, 3.8) is 0 Å². The molecule has 0 spiro atoms. The van der Waals surface area contributed by atoms with Crippen LogP contribution in [0, 0.1) is 6.92 Å². The minimum atomic E-state index is -4.40. The molecule has 1 fully saturated rings. The number of piperazine rings is 1. The maximum atomic E-state index is 13.3. The first kappa shape index (κ1) is 22.1. The van der Waals surface area contributed by atoms with E-state index in [4.69, 9.17) is 0 Å². The molecule has 170 valence electrons. The Bertz CT molecular complexity index is 1140. The van der Waals surface area contributed by atoms with Gasteiger partial charge in [0.05, 0.1) is 11.8 Å². The average molecular weight is 453 g/mol. The minimum absolute atomic E-state index is 0.0803. The molecule has 11 heteroatoms. The molecule has 1 amide bonds. The first-order valence-electron chi connectivity index (χ1n) is 9.94. The van der Waals surface area contributed by atoms with E-state index in [0.717, 1.165) is 16.6 Å². The summed E-state index contributed by atoms with van der Waals surface area (Å²) in [5.74, 6) is -0.364. The summed E-state index contributed by atoms with van der Waals surface area (Å²) in [6.45, 7) is 3.54.